The Morgan fingerprint density at radius 1 is 1.10 bits per heavy atom. The normalized spacial score (nSPS) is 10.8. The van der Waals surface area contributed by atoms with Gasteiger partial charge in [0.05, 0.1) is 35.9 Å². The molecule has 0 spiro atoms. The van der Waals surface area contributed by atoms with E-state index < -0.39 is 6.04 Å². The number of hydrogen-bond acceptors (Lipinski definition) is 5. The van der Waals surface area contributed by atoms with Crippen molar-refractivity contribution in [2.24, 2.45) is 5.73 Å². The number of aromatic amines is 1. The number of nitrogens with two attached hydrogens (primary N) is 1. The maximum absolute atomic E-state index is 12.5. The molecule has 0 aliphatic carbocycles. The van der Waals surface area contributed by atoms with Crippen LogP contribution in [0.25, 0.3) is 0 Å². The van der Waals surface area contributed by atoms with Crippen LogP contribution in [0, 0.1) is 0 Å². The number of H-pyrrole nitrogens is 1. The monoisotopic (exact) mass is 436 g/mol. The number of anilines is 1. The third-order valence-corrected chi connectivity index (χ3v) is 3.92. The Hall–Kier alpha value is -2.94. The number of pyridine rings is 1. The van der Waals surface area contributed by atoms with Gasteiger partial charge in [0.15, 0.2) is 0 Å². The van der Waals surface area contributed by atoms with Gasteiger partial charge >= 0.3 is 0 Å². The van der Waals surface area contributed by atoms with Crippen LogP contribution in [-0.2, 0) is 17.8 Å². The van der Waals surface area contributed by atoms with E-state index >= 15 is 0 Å². The number of nitrogens with one attached hydrogen (secondary N) is 3. The average molecular weight is 437 g/mol. The van der Waals surface area contributed by atoms with Gasteiger partial charge in [0.2, 0.25) is 5.91 Å². The SMILES string of the molecule is Cl.Cl.N[C@@H](Cc1cnc[nH]1)C(=O)Nc1ccccc1C(=O)NCc1ccccn1. The van der Waals surface area contributed by atoms with Crippen molar-refractivity contribution in [1.82, 2.24) is 20.3 Å². The molecule has 10 heteroatoms. The fourth-order valence-corrected chi connectivity index (χ4v) is 2.51. The van der Waals surface area contributed by atoms with Gasteiger partial charge in [-0.1, -0.05) is 18.2 Å². The van der Waals surface area contributed by atoms with Crippen molar-refractivity contribution >= 4 is 42.3 Å². The van der Waals surface area contributed by atoms with Gasteiger partial charge in [-0.15, -0.1) is 24.8 Å². The van der Waals surface area contributed by atoms with Crippen LogP contribution in [0.15, 0.2) is 61.2 Å². The Kier molecular flexibility index (Phi) is 9.81. The summed E-state index contributed by atoms with van der Waals surface area (Å²) in [5.41, 5.74) is 8.22. The molecule has 0 aliphatic heterocycles. The Morgan fingerprint density at radius 2 is 1.86 bits per heavy atom. The van der Waals surface area contributed by atoms with Gasteiger partial charge in [-0.05, 0) is 24.3 Å². The molecule has 29 heavy (non-hydrogen) atoms. The number of halogens is 2. The molecule has 2 amide bonds. The summed E-state index contributed by atoms with van der Waals surface area (Å²) in [6.45, 7) is 0.293. The summed E-state index contributed by atoms with van der Waals surface area (Å²) in [5, 5.41) is 5.52. The summed E-state index contributed by atoms with van der Waals surface area (Å²) in [5.74, 6) is -0.687. The van der Waals surface area contributed by atoms with E-state index in [2.05, 4.69) is 25.6 Å². The number of para-hydroxylation sites is 1. The third-order valence-electron chi connectivity index (χ3n) is 3.92. The number of carbonyl (C=O) groups is 2. The summed E-state index contributed by atoms with van der Waals surface area (Å²) < 4.78 is 0. The standard InChI is InChI=1S/C19H20N6O2.2ClH/c20-16(9-14-10-21-12-24-14)19(27)25-17-7-2-1-6-15(17)18(26)23-11-13-5-3-4-8-22-13;;/h1-8,10,12,16H,9,11,20H2,(H,21,24)(H,23,26)(H,25,27);2*1H/t16-;;/m0../s1. The van der Waals surface area contributed by atoms with Crippen LogP contribution in [0.3, 0.4) is 0 Å². The lowest BCUT2D eigenvalue weighted by Gasteiger charge is -2.14. The molecule has 1 aromatic carbocycles. The first kappa shape index (κ1) is 24.1. The Balaban J connectivity index is 0.00000210. The van der Waals surface area contributed by atoms with Crippen LogP contribution < -0.4 is 16.4 Å². The van der Waals surface area contributed by atoms with Crippen molar-refractivity contribution < 1.29 is 9.59 Å². The summed E-state index contributed by atoms with van der Waals surface area (Å²) in [6.07, 6.45) is 5.13. The fraction of sp³-hybridized carbons (Fsp3) is 0.158. The van der Waals surface area contributed by atoms with E-state index in [-0.39, 0.29) is 36.6 Å². The summed E-state index contributed by atoms with van der Waals surface area (Å²) >= 11 is 0. The van der Waals surface area contributed by atoms with E-state index in [1.54, 1.807) is 36.7 Å². The molecule has 0 radical (unpaired) electrons. The summed E-state index contributed by atoms with van der Waals surface area (Å²) in [6, 6.07) is 11.5. The average Bonchev–Trinajstić information content (AvgIpc) is 3.20. The Bertz CT molecular complexity index is 906. The zero-order chi connectivity index (χ0) is 19.1. The number of carbonyl (C=O) groups excluding carboxylic acids is 2. The molecule has 8 nitrogen and oxygen atoms in total. The van der Waals surface area contributed by atoms with Crippen LogP contribution in [0.5, 0.6) is 0 Å². The molecule has 1 atom stereocenters. The summed E-state index contributed by atoms with van der Waals surface area (Å²) in [4.78, 5) is 35.9. The third kappa shape index (κ3) is 6.86. The van der Waals surface area contributed by atoms with Crippen molar-refractivity contribution in [3.8, 4) is 0 Å². The van der Waals surface area contributed by atoms with E-state index in [1.165, 1.54) is 6.33 Å². The Labute approximate surface area is 180 Å². The second-order valence-electron chi connectivity index (χ2n) is 5.93. The molecular weight excluding hydrogens is 415 g/mol. The molecule has 3 aromatic rings. The van der Waals surface area contributed by atoms with Crippen molar-refractivity contribution in [3.63, 3.8) is 0 Å². The lowest BCUT2D eigenvalue weighted by atomic mass is 10.1. The number of hydrogen-bond donors (Lipinski definition) is 4. The number of rotatable bonds is 7. The van der Waals surface area contributed by atoms with Gasteiger partial charge in [0.25, 0.3) is 5.91 Å². The van der Waals surface area contributed by atoms with E-state index in [1.807, 2.05) is 18.2 Å². The van der Waals surface area contributed by atoms with Gasteiger partial charge in [0.1, 0.15) is 0 Å². The molecule has 5 N–H and O–H groups in total. The number of amides is 2. The molecular formula is C19H22Cl2N6O2. The van der Waals surface area contributed by atoms with E-state index in [0.29, 0.717) is 24.2 Å². The van der Waals surface area contributed by atoms with E-state index in [9.17, 15) is 9.59 Å². The topological polar surface area (TPSA) is 126 Å². The molecule has 0 bridgehead atoms. The first-order valence-electron chi connectivity index (χ1n) is 8.44. The van der Waals surface area contributed by atoms with Crippen molar-refractivity contribution in [2.75, 3.05) is 5.32 Å². The molecule has 0 fully saturated rings. The minimum Gasteiger partial charge on any atom is -0.348 e. The fourth-order valence-electron chi connectivity index (χ4n) is 2.51. The minimum absolute atomic E-state index is 0. The molecule has 2 aromatic heterocycles. The van der Waals surface area contributed by atoms with E-state index in [4.69, 9.17) is 5.73 Å². The maximum Gasteiger partial charge on any atom is 0.253 e. The molecule has 0 unspecified atom stereocenters. The van der Waals surface area contributed by atoms with Crippen molar-refractivity contribution in [2.45, 2.75) is 19.0 Å². The predicted octanol–water partition coefficient (Wildman–Crippen LogP) is 2.09. The zero-order valence-corrected chi connectivity index (χ0v) is 17.0. The van der Waals surface area contributed by atoms with Crippen LogP contribution in [0.2, 0.25) is 0 Å². The van der Waals surface area contributed by atoms with Gasteiger partial charge in [0, 0.05) is 24.5 Å². The quantitative estimate of drug-likeness (QED) is 0.450. The van der Waals surface area contributed by atoms with Gasteiger partial charge in [-0.2, -0.15) is 0 Å². The number of nitrogens with zero attached hydrogens (tertiary/aromatic N) is 2. The maximum atomic E-state index is 12.5. The van der Waals surface area contributed by atoms with Gasteiger partial charge < -0.3 is 21.4 Å². The first-order chi connectivity index (χ1) is 13.1. The number of imidazole rings is 1. The van der Waals surface area contributed by atoms with Crippen LogP contribution >= 0.6 is 24.8 Å². The minimum atomic E-state index is -0.768. The molecule has 3 rings (SSSR count). The Morgan fingerprint density at radius 3 is 2.55 bits per heavy atom. The smallest absolute Gasteiger partial charge is 0.253 e. The van der Waals surface area contributed by atoms with Crippen LogP contribution in [0.4, 0.5) is 5.69 Å². The predicted molar refractivity (Wildman–Crippen MR) is 115 cm³/mol. The zero-order valence-electron chi connectivity index (χ0n) is 15.4. The first-order valence-corrected chi connectivity index (χ1v) is 8.44. The van der Waals surface area contributed by atoms with Gasteiger partial charge in [-0.3, -0.25) is 14.6 Å². The van der Waals surface area contributed by atoms with Crippen LogP contribution in [-0.4, -0.2) is 32.8 Å². The number of aromatic nitrogens is 3. The van der Waals surface area contributed by atoms with Crippen LogP contribution in [0.1, 0.15) is 21.7 Å². The lowest BCUT2D eigenvalue weighted by molar-refractivity contribution is -0.117. The largest absolute Gasteiger partial charge is 0.348 e. The highest BCUT2D eigenvalue weighted by atomic mass is 35.5. The molecule has 0 saturated carbocycles. The van der Waals surface area contributed by atoms with E-state index in [0.717, 1.165) is 11.4 Å². The second kappa shape index (κ2) is 11.8. The molecule has 154 valence electrons. The van der Waals surface area contributed by atoms with Crippen molar-refractivity contribution in [1.29, 1.82) is 0 Å². The molecule has 2 heterocycles. The number of benzene rings is 1. The van der Waals surface area contributed by atoms with Gasteiger partial charge in [-0.25, -0.2) is 4.98 Å². The van der Waals surface area contributed by atoms with Crippen molar-refractivity contribution in [3.05, 3.63) is 78.1 Å². The lowest BCUT2D eigenvalue weighted by Crippen LogP contribution is -2.38. The molecule has 0 saturated heterocycles. The summed E-state index contributed by atoms with van der Waals surface area (Å²) in [7, 11) is 0. The highest BCUT2D eigenvalue weighted by Gasteiger charge is 2.18. The highest BCUT2D eigenvalue weighted by molar-refractivity contribution is 6.04. The highest BCUT2D eigenvalue weighted by Crippen LogP contribution is 2.15. The molecule has 0 aliphatic rings. The second-order valence-corrected chi connectivity index (χ2v) is 5.93.